The lowest BCUT2D eigenvalue weighted by Crippen LogP contribution is -1.93. The van der Waals surface area contributed by atoms with Gasteiger partial charge >= 0.3 is 0 Å². The van der Waals surface area contributed by atoms with Crippen LogP contribution in [0.3, 0.4) is 0 Å². The number of aliphatic hydroxyl groups is 1. The van der Waals surface area contributed by atoms with Crippen molar-refractivity contribution in [3.63, 3.8) is 0 Å². The van der Waals surface area contributed by atoms with Gasteiger partial charge < -0.3 is 9.63 Å². The van der Waals surface area contributed by atoms with Crippen molar-refractivity contribution in [3.05, 3.63) is 39.7 Å². The van der Waals surface area contributed by atoms with Crippen LogP contribution in [-0.4, -0.2) is 20.2 Å². The molecule has 2 rings (SSSR count). The average Bonchev–Trinajstić information content (AvgIpc) is 2.77. The summed E-state index contributed by atoms with van der Waals surface area (Å²) in [6.45, 7) is 3.25. The zero-order valence-electron chi connectivity index (χ0n) is 9.82. The molecule has 0 bridgehead atoms. The number of aryl methyl sites for hydroxylation is 1. The molecule has 0 spiro atoms. The number of non-ortho nitro benzene ring substituents is 1. The fourth-order valence-electron chi connectivity index (χ4n) is 1.51. The minimum Gasteiger partial charge on any atom is -0.385 e. The number of benzene rings is 1. The molecule has 0 saturated carbocycles. The summed E-state index contributed by atoms with van der Waals surface area (Å²) in [5.41, 5.74) is 1.14. The van der Waals surface area contributed by atoms with E-state index in [9.17, 15) is 15.2 Å². The molecule has 0 saturated heterocycles. The molecule has 1 unspecified atom stereocenters. The van der Waals surface area contributed by atoms with Crippen molar-refractivity contribution >= 4 is 5.69 Å². The maximum Gasteiger partial charge on any atom is 0.270 e. The lowest BCUT2D eigenvalue weighted by Gasteiger charge is -1.98. The average molecular weight is 249 g/mol. The summed E-state index contributed by atoms with van der Waals surface area (Å²) in [5, 5.41) is 23.6. The lowest BCUT2D eigenvalue weighted by molar-refractivity contribution is -0.384. The summed E-state index contributed by atoms with van der Waals surface area (Å²) in [4.78, 5) is 14.2. The van der Waals surface area contributed by atoms with Crippen LogP contribution in [0.15, 0.2) is 22.7 Å². The quantitative estimate of drug-likeness (QED) is 0.659. The Balaban J connectivity index is 2.46. The first kappa shape index (κ1) is 12.2. The maximum absolute atomic E-state index is 10.7. The standard InChI is InChI=1S/C11H11N3O4/c1-6-3-8(5-9(4-6)14(16)17)11-12-10(7(2)15)13-18-11/h3-5,7,15H,1-2H3. The van der Waals surface area contributed by atoms with Gasteiger partial charge in [0.1, 0.15) is 6.10 Å². The SMILES string of the molecule is Cc1cc(-c2nc(C(C)O)no2)cc([N+](=O)[O-])c1. The molecule has 0 amide bonds. The Kier molecular flexibility index (Phi) is 3.07. The molecule has 0 radical (unpaired) electrons. The van der Waals surface area contributed by atoms with Gasteiger partial charge in [-0.25, -0.2) is 0 Å². The van der Waals surface area contributed by atoms with Crippen molar-refractivity contribution in [2.45, 2.75) is 20.0 Å². The third-order valence-electron chi connectivity index (χ3n) is 2.34. The van der Waals surface area contributed by atoms with E-state index in [0.717, 1.165) is 5.56 Å². The van der Waals surface area contributed by atoms with Gasteiger partial charge in [0.25, 0.3) is 11.6 Å². The van der Waals surface area contributed by atoms with Crippen LogP contribution in [0.1, 0.15) is 24.4 Å². The van der Waals surface area contributed by atoms with E-state index < -0.39 is 11.0 Å². The van der Waals surface area contributed by atoms with Gasteiger partial charge in [0.2, 0.25) is 0 Å². The monoisotopic (exact) mass is 249 g/mol. The normalized spacial score (nSPS) is 12.4. The maximum atomic E-state index is 10.7. The van der Waals surface area contributed by atoms with Crippen LogP contribution in [0.4, 0.5) is 5.69 Å². The van der Waals surface area contributed by atoms with E-state index in [2.05, 4.69) is 10.1 Å². The second-order valence-corrected chi connectivity index (χ2v) is 3.95. The van der Waals surface area contributed by atoms with Crippen LogP contribution in [0, 0.1) is 17.0 Å². The molecule has 0 aliphatic heterocycles. The molecular formula is C11H11N3O4. The molecule has 94 valence electrons. The van der Waals surface area contributed by atoms with Gasteiger partial charge in [-0.05, 0) is 25.5 Å². The third-order valence-corrected chi connectivity index (χ3v) is 2.34. The highest BCUT2D eigenvalue weighted by molar-refractivity contribution is 5.59. The summed E-state index contributed by atoms with van der Waals surface area (Å²) in [6.07, 6.45) is -0.845. The van der Waals surface area contributed by atoms with Crippen molar-refractivity contribution in [2.75, 3.05) is 0 Å². The molecule has 0 aliphatic carbocycles. The largest absolute Gasteiger partial charge is 0.385 e. The van der Waals surface area contributed by atoms with Crippen molar-refractivity contribution in [1.29, 1.82) is 0 Å². The Labute approximate surface area is 102 Å². The van der Waals surface area contributed by atoms with Crippen molar-refractivity contribution < 1.29 is 14.6 Å². The first-order valence-electron chi connectivity index (χ1n) is 5.25. The van der Waals surface area contributed by atoms with Gasteiger partial charge in [0, 0.05) is 17.7 Å². The Morgan fingerprint density at radius 1 is 1.44 bits per heavy atom. The molecule has 2 aromatic rings. The molecule has 0 fully saturated rings. The smallest absolute Gasteiger partial charge is 0.270 e. The molecule has 1 aromatic carbocycles. The van der Waals surface area contributed by atoms with Gasteiger partial charge in [-0.2, -0.15) is 4.98 Å². The first-order valence-corrected chi connectivity index (χ1v) is 5.25. The number of aromatic nitrogens is 2. The molecular weight excluding hydrogens is 238 g/mol. The highest BCUT2D eigenvalue weighted by Crippen LogP contribution is 2.25. The third kappa shape index (κ3) is 2.35. The van der Waals surface area contributed by atoms with E-state index >= 15 is 0 Å². The lowest BCUT2D eigenvalue weighted by atomic mass is 10.1. The van der Waals surface area contributed by atoms with Crippen LogP contribution >= 0.6 is 0 Å². The topological polar surface area (TPSA) is 102 Å². The number of hydrogen-bond donors (Lipinski definition) is 1. The van der Waals surface area contributed by atoms with E-state index in [1.165, 1.54) is 19.1 Å². The minimum atomic E-state index is -0.845. The van der Waals surface area contributed by atoms with Crippen molar-refractivity contribution in [1.82, 2.24) is 10.1 Å². The molecule has 1 N–H and O–H groups in total. The van der Waals surface area contributed by atoms with Crippen LogP contribution in [-0.2, 0) is 0 Å². The Morgan fingerprint density at radius 3 is 2.72 bits per heavy atom. The molecule has 18 heavy (non-hydrogen) atoms. The van der Waals surface area contributed by atoms with E-state index in [0.29, 0.717) is 5.56 Å². The van der Waals surface area contributed by atoms with E-state index in [1.54, 1.807) is 13.0 Å². The molecule has 1 heterocycles. The van der Waals surface area contributed by atoms with E-state index in [4.69, 9.17) is 4.52 Å². The molecule has 0 aliphatic rings. The number of aliphatic hydroxyl groups excluding tert-OH is 1. The first-order chi connectivity index (χ1) is 8.47. The van der Waals surface area contributed by atoms with Crippen molar-refractivity contribution in [2.24, 2.45) is 0 Å². The van der Waals surface area contributed by atoms with Crippen LogP contribution in [0.2, 0.25) is 0 Å². The predicted octanol–water partition coefficient (Wildman–Crippen LogP) is 2.01. The molecule has 1 aromatic heterocycles. The number of nitro groups is 1. The zero-order chi connectivity index (χ0) is 13.3. The van der Waals surface area contributed by atoms with Gasteiger partial charge in [-0.15, -0.1) is 0 Å². The number of nitrogens with zero attached hydrogens (tertiary/aromatic N) is 3. The Bertz CT molecular complexity index is 592. The second kappa shape index (κ2) is 4.53. The molecule has 1 atom stereocenters. The summed E-state index contributed by atoms with van der Waals surface area (Å²) in [6, 6.07) is 4.51. The van der Waals surface area contributed by atoms with Gasteiger partial charge in [-0.1, -0.05) is 5.16 Å². The summed E-state index contributed by atoms with van der Waals surface area (Å²) in [7, 11) is 0. The molecule has 7 heteroatoms. The predicted molar refractivity (Wildman–Crippen MR) is 61.8 cm³/mol. The fraction of sp³-hybridized carbons (Fsp3) is 0.273. The van der Waals surface area contributed by atoms with Crippen LogP contribution in [0.5, 0.6) is 0 Å². The van der Waals surface area contributed by atoms with E-state index in [1.807, 2.05) is 0 Å². The second-order valence-electron chi connectivity index (χ2n) is 3.95. The number of hydrogen-bond acceptors (Lipinski definition) is 6. The Hall–Kier alpha value is -2.28. The van der Waals surface area contributed by atoms with Crippen molar-refractivity contribution in [3.8, 4) is 11.5 Å². The summed E-state index contributed by atoms with van der Waals surface area (Å²) in [5.74, 6) is 0.298. The van der Waals surface area contributed by atoms with Gasteiger partial charge in [0.15, 0.2) is 5.82 Å². The highest BCUT2D eigenvalue weighted by Gasteiger charge is 2.16. The zero-order valence-corrected chi connectivity index (χ0v) is 9.82. The summed E-state index contributed by atoms with van der Waals surface area (Å²) >= 11 is 0. The van der Waals surface area contributed by atoms with Gasteiger partial charge in [-0.3, -0.25) is 10.1 Å². The van der Waals surface area contributed by atoms with E-state index in [-0.39, 0.29) is 17.4 Å². The number of nitro benzene ring substituents is 1. The fourth-order valence-corrected chi connectivity index (χ4v) is 1.51. The van der Waals surface area contributed by atoms with Crippen LogP contribution in [0.25, 0.3) is 11.5 Å². The summed E-state index contributed by atoms with van der Waals surface area (Å²) < 4.78 is 4.96. The minimum absolute atomic E-state index is 0.0400. The highest BCUT2D eigenvalue weighted by atomic mass is 16.6. The molecule has 7 nitrogen and oxygen atoms in total. The Morgan fingerprint density at radius 2 is 2.17 bits per heavy atom. The van der Waals surface area contributed by atoms with Crippen LogP contribution < -0.4 is 0 Å². The number of rotatable bonds is 3. The van der Waals surface area contributed by atoms with Gasteiger partial charge in [0.05, 0.1) is 4.92 Å².